The molecule has 22 heavy (non-hydrogen) atoms. The van der Waals surface area contributed by atoms with E-state index in [2.05, 4.69) is 5.32 Å². The lowest BCUT2D eigenvalue weighted by Gasteiger charge is -2.43. The SMILES string of the molecule is O=C(CCC1CCCCC1)NC1(c2ccc(F)cc2)CCC1. The Labute approximate surface area is 132 Å². The summed E-state index contributed by atoms with van der Waals surface area (Å²) >= 11 is 0. The van der Waals surface area contributed by atoms with Gasteiger partial charge in [0.15, 0.2) is 0 Å². The summed E-state index contributed by atoms with van der Waals surface area (Å²) in [5.41, 5.74) is 0.809. The summed E-state index contributed by atoms with van der Waals surface area (Å²) in [5, 5.41) is 3.24. The summed E-state index contributed by atoms with van der Waals surface area (Å²) in [6.07, 6.45) is 11.3. The summed E-state index contributed by atoms with van der Waals surface area (Å²) in [6, 6.07) is 6.61. The monoisotopic (exact) mass is 303 g/mol. The maximum absolute atomic E-state index is 13.1. The van der Waals surface area contributed by atoms with Crippen LogP contribution in [0.15, 0.2) is 24.3 Å². The zero-order chi connectivity index (χ0) is 15.4. The molecule has 2 nitrogen and oxygen atoms in total. The van der Waals surface area contributed by atoms with Crippen LogP contribution in [-0.4, -0.2) is 5.91 Å². The molecule has 1 N–H and O–H groups in total. The van der Waals surface area contributed by atoms with E-state index in [0.717, 1.165) is 37.2 Å². The normalized spacial score (nSPS) is 21.1. The Morgan fingerprint density at radius 2 is 1.77 bits per heavy atom. The fourth-order valence-corrected chi connectivity index (χ4v) is 3.93. The lowest BCUT2D eigenvalue weighted by molar-refractivity contribution is -0.124. The average molecular weight is 303 g/mol. The molecule has 120 valence electrons. The highest BCUT2D eigenvalue weighted by Crippen LogP contribution is 2.41. The Bertz CT molecular complexity index is 501. The van der Waals surface area contributed by atoms with Crippen LogP contribution < -0.4 is 5.32 Å². The van der Waals surface area contributed by atoms with Crippen LogP contribution in [0, 0.1) is 11.7 Å². The number of nitrogens with one attached hydrogen (secondary N) is 1. The molecule has 3 heteroatoms. The lowest BCUT2D eigenvalue weighted by atomic mass is 9.71. The molecule has 2 fully saturated rings. The molecule has 1 amide bonds. The van der Waals surface area contributed by atoms with Crippen molar-refractivity contribution in [3.05, 3.63) is 35.6 Å². The number of benzene rings is 1. The van der Waals surface area contributed by atoms with E-state index in [1.165, 1.54) is 44.2 Å². The summed E-state index contributed by atoms with van der Waals surface area (Å²) in [5.74, 6) is 0.680. The molecular weight excluding hydrogens is 277 g/mol. The number of rotatable bonds is 5. The third-order valence-electron chi connectivity index (χ3n) is 5.49. The predicted molar refractivity (Wildman–Crippen MR) is 85.9 cm³/mol. The zero-order valence-corrected chi connectivity index (χ0v) is 13.2. The Balaban J connectivity index is 1.55. The second-order valence-electron chi connectivity index (χ2n) is 7.03. The van der Waals surface area contributed by atoms with Gasteiger partial charge in [-0.15, -0.1) is 0 Å². The smallest absolute Gasteiger partial charge is 0.220 e. The topological polar surface area (TPSA) is 29.1 Å². The highest BCUT2D eigenvalue weighted by molar-refractivity contribution is 5.77. The minimum atomic E-state index is -0.239. The molecule has 0 aromatic heterocycles. The van der Waals surface area contributed by atoms with Crippen LogP contribution in [0.25, 0.3) is 0 Å². The molecule has 1 aromatic carbocycles. The first-order valence-corrected chi connectivity index (χ1v) is 8.75. The fraction of sp³-hybridized carbons (Fsp3) is 0.632. The highest BCUT2D eigenvalue weighted by atomic mass is 19.1. The van der Waals surface area contributed by atoms with Gasteiger partial charge in [0.2, 0.25) is 5.91 Å². The van der Waals surface area contributed by atoms with Crippen molar-refractivity contribution < 1.29 is 9.18 Å². The van der Waals surface area contributed by atoms with Gasteiger partial charge >= 0.3 is 0 Å². The van der Waals surface area contributed by atoms with Gasteiger partial charge in [0.25, 0.3) is 0 Å². The number of halogens is 1. The molecule has 0 radical (unpaired) electrons. The van der Waals surface area contributed by atoms with Crippen LogP contribution in [-0.2, 0) is 10.3 Å². The maximum atomic E-state index is 13.1. The molecule has 3 rings (SSSR count). The lowest BCUT2D eigenvalue weighted by Crippen LogP contribution is -2.50. The standard InChI is InChI=1S/C19H26FNO/c20-17-10-8-16(9-11-17)19(13-4-14-19)21-18(22)12-7-15-5-2-1-3-6-15/h8-11,15H,1-7,12-14H2,(H,21,22). The van der Waals surface area contributed by atoms with Gasteiger partial charge in [0.05, 0.1) is 5.54 Å². The van der Waals surface area contributed by atoms with Gasteiger partial charge in [0.1, 0.15) is 5.82 Å². The molecule has 0 heterocycles. The average Bonchev–Trinajstić information content (AvgIpc) is 2.51. The van der Waals surface area contributed by atoms with E-state index in [0.29, 0.717) is 6.42 Å². The van der Waals surface area contributed by atoms with E-state index < -0.39 is 0 Å². The van der Waals surface area contributed by atoms with E-state index in [-0.39, 0.29) is 17.3 Å². The third kappa shape index (κ3) is 3.50. The molecule has 2 aliphatic rings. The van der Waals surface area contributed by atoms with Crippen molar-refractivity contribution in [3.8, 4) is 0 Å². The molecule has 0 atom stereocenters. The van der Waals surface area contributed by atoms with Crippen LogP contribution in [0.5, 0.6) is 0 Å². The largest absolute Gasteiger partial charge is 0.347 e. The third-order valence-corrected chi connectivity index (χ3v) is 5.49. The minimum Gasteiger partial charge on any atom is -0.347 e. The van der Waals surface area contributed by atoms with Crippen molar-refractivity contribution in [3.63, 3.8) is 0 Å². The molecule has 2 aliphatic carbocycles. The summed E-state index contributed by atoms with van der Waals surface area (Å²) in [6.45, 7) is 0. The summed E-state index contributed by atoms with van der Waals surface area (Å²) < 4.78 is 13.1. The molecular formula is C19H26FNO. The van der Waals surface area contributed by atoms with Crippen molar-refractivity contribution in [2.45, 2.75) is 69.7 Å². The first-order chi connectivity index (χ1) is 10.7. The molecule has 0 bridgehead atoms. The molecule has 0 spiro atoms. The van der Waals surface area contributed by atoms with Crippen LogP contribution in [0.2, 0.25) is 0 Å². The van der Waals surface area contributed by atoms with Gasteiger partial charge in [-0.05, 0) is 49.3 Å². The van der Waals surface area contributed by atoms with Gasteiger partial charge < -0.3 is 5.32 Å². The Kier molecular flexibility index (Phi) is 4.80. The first kappa shape index (κ1) is 15.5. The van der Waals surface area contributed by atoms with E-state index in [9.17, 15) is 9.18 Å². The molecule has 0 unspecified atom stereocenters. The second-order valence-corrected chi connectivity index (χ2v) is 7.03. The predicted octanol–water partition coefficient (Wildman–Crippen LogP) is 4.68. The Morgan fingerprint density at radius 3 is 2.36 bits per heavy atom. The Morgan fingerprint density at radius 1 is 1.09 bits per heavy atom. The number of hydrogen-bond donors (Lipinski definition) is 1. The van der Waals surface area contributed by atoms with Crippen LogP contribution in [0.1, 0.15) is 69.8 Å². The maximum Gasteiger partial charge on any atom is 0.220 e. The van der Waals surface area contributed by atoms with Crippen molar-refractivity contribution in [2.24, 2.45) is 5.92 Å². The van der Waals surface area contributed by atoms with Crippen molar-refractivity contribution in [2.75, 3.05) is 0 Å². The van der Waals surface area contributed by atoms with Gasteiger partial charge in [0, 0.05) is 6.42 Å². The van der Waals surface area contributed by atoms with Crippen LogP contribution in [0.3, 0.4) is 0 Å². The van der Waals surface area contributed by atoms with Crippen LogP contribution in [0.4, 0.5) is 4.39 Å². The molecule has 1 aromatic rings. The van der Waals surface area contributed by atoms with E-state index in [4.69, 9.17) is 0 Å². The number of carbonyl (C=O) groups excluding carboxylic acids is 1. The van der Waals surface area contributed by atoms with Gasteiger partial charge in [-0.2, -0.15) is 0 Å². The van der Waals surface area contributed by atoms with Crippen molar-refractivity contribution >= 4 is 5.91 Å². The van der Waals surface area contributed by atoms with E-state index in [1.54, 1.807) is 0 Å². The molecule has 0 aliphatic heterocycles. The van der Waals surface area contributed by atoms with Crippen LogP contribution >= 0.6 is 0 Å². The zero-order valence-electron chi connectivity index (χ0n) is 13.2. The van der Waals surface area contributed by atoms with Crippen molar-refractivity contribution in [1.29, 1.82) is 0 Å². The van der Waals surface area contributed by atoms with Crippen molar-refractivity contribution in [1.82, 2.24) is 5.32 Å². The van der Waals surface area contributed by atoms with Gasteiger partial charge in [-0.3, -0.25) is 4.79 Å². The molecule has 0 saturated heterocycles. The minimum absolute atomic E-state index is 0.162. The summed E-state index contributed by atoms with van der Waals surface area (Å²) in [4.78, 5) is 12.3. The quantitative estimate of drug-likeness (QED) is 0.840. The summed E-state index contributed by atoms with van der Waals surface area (Å²) in [7, 11) is 0. The molecule has 2 saturated carbocycles. The van der Waals surface area contributed by atoms with Gasteiger partial charge in [-0.25, -0.2) is 4.39 Å². The number of carbonyl (C=O) groups is 1. The van der Waals surface area contributed by atoms with Gasteiger partial charge in [-0.1, -0.05) is 44.2 Å². The Hall–Kier alpha value is -1.38. The number of amides is 1. The second kappa shape index (κ2) is 6.80. The highest BCUT2D eigenvalue weighted by Gasteiger charge is 2.39. The van der Waals surface area contributed by atoms with E-state index >= 15 is 0 Å². The fourth-order valence-electron chi connectivity index (χ4n) is 3.93. The first-order valence-electron chi connectivity index (χ1n) is 8.75. The number of hydrogen-bond acceptors (Lipinski definition) is 1. The van der Waals surface area contributed by atoms with E-state index in [1.807, 2.05) is 12.1 Å².